The lowest BCUT2D eigenvalue weighted by molar-refractivity contribution is 0.535. The highest BCUT2D eigenvalue weighted by molar-refractivity contribution is 6.33. The molecular weight excluding hydrogens is 178 g/mol. The molecule has 0 atom stereocenters. The van der Waals surface area contributed by atoms with E-state index in [9.17, 15) is 12.9 Å². The van der Waals surface area contributed by atoms with Crippen molar-refractivity contribution in [3.63, 3.8) is 0 Å². The van der Waals surface area contributed by atoms with Crippen LogP contribution in [0.2, 0.25) is 0 Å². The number of rotatable bonds is 6. The lowest BCUT2D eigenvalue weighted by Gasteiger charge is -1.96. The average molecular weight is 197 g/mol. The zero-order valence-corrected chi connectivity index (χ0v) is 8.24. The van der Waals surface area contributed by atoms with Crippen LogP contribution in [0.3, 0.4) is 0 Å². The van der Waals surface area contributed by atoms with Gasteiger partial charge >= 0.3 is 7.54 Å². The molecule has 0 saturated carbocycles. The topological polar surface area (TPSA) is 26.0 Å². The van der Waals surface area contributed by atoms with Crippen molar-refractivity contribution in [2.45, 2.75) is 45.4 Å². The van der Waals surface area contributed by atoms with Crippen LogP contribution in [-0.2, 0) is 0 Å². The van der Waals surface area contributed by atoms with Crippen molar-refractivity contribution in [3.8, 4) is 0 Å². The van der Waals surface area contributed by atoms with Gasteiger partial charge in [-0.2, -0.15) is 0 Å². The van der Waals surface area contributed by atoms with Gasteiger partial charge in [0.15, 0.2) is 0 Å². The second-order valence-electron chi connectivity index (χ2n) is 2.80. The summed E-state index contributed by atoms with van der Waals surface area (Å²) in [6.45, 7) is 3.11. The van der Waals surface area contributed by atoms with E-state index in [1.165, 1.54) is 38.5 Å². The Bertz CT molecular complexity index is 75.0. The summed E-state index contributed by atoms with van der Waals surface area (Å²) in [6, 6.07) is 0. The molecule has 0 aromatic heterocycles. The highest BCUT2D eigenvalue weighted by Gasteiger charge is 2.06. The first kappa shape index (κ1) is 15.3. The molecule has 0 saturated heterocycles. The summed E-state index contributed by atoms with van der Waals surface area (Å²) >= 11 is 0. The minimum absolute atomic E-state index is 0.867. The predicted molar refractivity (Wildman–Crippen MR) is 51.5 cm³/mol. The largest absolute Gasteiger partial charge is 0.762 e. The Hall–Kier alpha value is -0.185. The van der Waals surface area contributed by atoms with Gasteiger partial charge in [-0.3, -0.25) is 12.9 Å². The van der Waals surface area contributed by atoms with Gasteiger partial charge in [0.25, 0.3) is 0 Å². The smallest absolute Gasteiger partial charge is 0.330 e. The molecule has 0 bridgehead atoms. The molecular formula is C8H19BF3N. The zero-order chi connectivity index (χ0) is 10.5. The molecule has 0 heterocycles. The maximum absolute atomic E-state index is 9.67. The molecule has 1 nitrogen and oxygen atoms in total. The third-order valence-electron chi connectivity index (χ3n) is 1.56. The summed E-state index contributed by atoms with van der Waals surface area (Å²) in [6.07, 6.45) is 8.05. The van der Waals surface area contributed by atoms with Gasteiger partial charge in [-0.15, -0.1) is 0 Å². The van der Waals surface area contributed by atoms with Gasteiger partial charge < -0.3 is 5.73 Å². The second kappa shape index (κ2) is 14.3. The van der Waals surface area contributed by atoms with E-state index in [1.807, 2.05) is 0 Å². The average Bonchev–Trinajstić information content (AvgIpc) is 2.03. The summed E-state index contributed by atoms with van der Waals surface area (Å²) in [5, 5.41) is 0. The van der Waals surface area contributed by atoms with Crippen LogP contribution >= 0.6 is 0 Å². The molecule has 80 valence electrons. The highest BCUT2D eigenvalue weighted by atomic mass is 19.4. The number of unbranched alkanes of at least 4 members (excludes halogenated alkanes) is 5. The standard InChI is InChI=1S/C8H19N.BF3/c1-2-3-4-5-6-7-8-9;2-1(3)4/h2-9H2,1H3;. The third kappa shape index (κ3) is 33.7. The molecule has 0 aromatic rings. The Labute approximate surface area is 79.1 Å². The number of halogens is 3. The molecule has 0 aromatic carbocycles. The van der Waals surface area contributed by atoms with Gasteiger partial charge in [0.05, 0.1) is 0 Å². The first-order valence-electron chi connectivity index (χ1n) is 4.77. The van der Waals surface area contributed by atoms with E-state index in [0.29, 0.717) is 0 Å². The van der Waals surface area contributed by atoms with E-state index in [2.05, 4.69) is 6.92 Å². The molecule has 0 aliphatic heterocycles. The van der Waals surface area contributed by atoms with E-state index in [-0.39, 0.29) is 0 Å². The predicted octanol–water partition coefficient (Wildman–Crippen LogP) is 3.19. The summed E-state index contributed by atoms with van der Waals surface area (Å²) in [7, 11) is -3.67. The van der Waals surface area contributed by atoms with Crippen LogP contribution in [0.4, 0.5) is 12.9 Å². The minimum atomic E-state index is -3.67. The van der Waals surface area contributed by atoms with Crippen LogP contribution in [0.5, 0.6) is 0 Å². The van der Waals surface area contributed by atoms with Crippen molar-refractivity contribution in [3.05, 3.63) is 0 Å². The summed E-state index contributed by atoms with van der Waals surface area (Å²) < 4.78 is 29.0. The molecule has 0 unspecified atom stereocenters. The molecule has 0 aliphatic carbocycles. The first-order valence-corrected chi connectivity index (χ1v) is 4.77. The van der Waals surface area contributed by atoms with Crippen molar-refractivity contribution in [1.82, 2.24) is 0 Å². The van der Waals surface area contributed by atoms with E-state index in [1.54, 1.807) is 0 Å². The van der Waals surface area contributed by atoms with E-state index in [0.717, 1.165) is 6.54 Å². The van der Waals surface area contributed by atoms with Crippen LogP contribution in [0.1, 0.15) is 45.4 Å². The Balaban J connectivity index is 0. The van der Waals surface area contributed by atoms with Gasteiger partial charge in [-0.1, -0.05) is 39.0 Å². The fourth-order valence-corrected chi connectivity index (χ4v) is 0.925. The summed E-state index contributed by atoms with van der Waals surface area (Å²) in [5.74, 6) is 0. The van der Waals surface area contributed by atoms with Crippen LogP contribution < -0.4 is 5.73 Å². The molecule has 0 spiro atoms. The Kier molecular flexibility index (Phi) is 16.9. The Morgan fingerprint density at radius 2 is 1.31 bits per heavy atom. The maximum atomic E-state index is 9.67. The monoisotopic (exact) mass is 197 g/mol. The van der Waals surface area contributed by atoms with Crippen molar-refractivity contribution < 1.29 is 12.9 Å². The molecule has 13 heavy (non-hydrogen) atoms. The van der Waals surface area contributed by atoms with Crippen molar-refractivity contribution in [2.24, 2.45) is 5.73 Å². The molecule has 0 fully saturated rings. The lowest BCUT2D eigenvalue weighted by Crippen LogP contribution is -1.97. The zero-order valence-electron chi connectivity index (χ0n) is 8.24. The van der Waals surface area contributed by atoms with Crippen LogP contribution in [-0.4, -0.2) is 14.1 Å². The Morgan fingerprint density at radius 3 is 1.69 bits per heavy atom. The second-order valence-corrected chi connectivity index (χ2v) is 2.80. The molecule has 0 amide bonds. The van der Waals surface area contributed by atoms with Crippen LogP contribution in [0.15, 0.2) is 0 Å². The fourth-order valence-electron chi connectivity index (χ4n) is 0.925. The first-order chi connectivity index (χ1) is 6.15. The number of hydrogen-bond donors (Lipinski definition) is 1. The molecule has 0 rings (SSSR count). The van der Waals surface area contributed by atoms with Gasteiger partial charge in [0.2, 0.25) is 0 Å². The lowest BCUT2D eigenvalue weighted by atomic mass is 10.1. The summed E-state index contributed by atoms with van der Waals surface area (Å²) in [5.41, 5.74) is 5.34. The molecule has 0 aliphatic rings. The maximum Gasteiger partial charge on any atom is 0.762 e. The molecule has 0 radical (unpaired) electrons. The SMILES string of the molecule is CCCCCCCCN.FB(F)F. The Morgan fingerprint density at radius 1 is 0.923 bits per heavy atom. The minimum Gasteiger partial charge on any atom is -0.330 e. The van der Waals surface area contributed by atoms with Crippen LogP contribution in [0.25, 0.3) is 0 Å². The third-order valence-corrected chi connectivity index (χ3v) is 1.56. The van der Waals surface area contributed by atoms with Crippen molar-refractivity contribution in [1.29, 1.82) is 0 Å². The molecule has 5 heteroatoms. The number of hydrogen-bond acceptors (Lipinski definition) is 1. The van der Waals surface area contributed by atoms with E-state index >= 15 is 0 Å². The van der Waals surface area contributed by atoms with Crippen LogP contribution in [0, 0.1) is 0 Å². The fraction of sp³-hybridized carbons (Fsp3) is 1.00. The van der Waals surface area contributed by atoms with Gasteiger partial charge in [0.1, 0.15) is 0 Å². The van der Waals surface area contributed by atoms with Gasteiger partial charge in [-0.05, 0) is 13.0 Å². The quantitative estimate of drug-likeness (QED) is 0.513. The van der Waals surface area contributed by atoms with E-state index in [4.69, 9.17) is 5.73 Å². The highest BCUT2D eigenvalue weighted by Crippen LogP contribution is 2.03. The van der Waals surface area contributed by atoms with Crippen molar-refractivity contribution >= 4 is 7.54 Å². The van der Waals surface area contributed by atoms with Gasteiger partial charge in [-0.25, -0.2) is 0 Å². The van der Waals surface area contributed by atoms with Gasteiger partial charge in [0, 0.05) is 0 Å². The summed E-state index contributed by atoms with van der Waals surface area (Å²) in [4.78, 5) is 0. The molecule has 2 N–H and O–H groups in total. The van der Waals surface area contributed by atoms with Crippen molar-refractivity contribution in [2.75, 3.05) is 6.54 Å². The normalized spacial score (nSPS) is 9.00. The van der Waals surface area contributed by atoms with E-state index < -0.39 is 7.54 Å². The number of nitrogens with two attached hydrogens (primary N) is 1.